The van der Waals surface area contributed by atoms with Gasteiger partial charge >= 0.3 is 0 Å². The molecule has 4 aromatic rings. The van der Waals surface area contributed by atoms with Gasteiger partial charge in [0.05, 0.1) is 15.9 Å². The largest absolute Gasteiger partial charge is 0.487 e. The minimum absolute atomic E-state index is 0.478. The standard InChI is InChI=1S/C20H18N4OS/c1-2-10-21-16(3-1)13-25-17-6-4-15(5-7-17)8-11-22-20-19-18(9-12-26-19)23-14-24-20/h1-7,9-10,12,14H,8,11,13H2,(H,22,23,24). The molecule has 5 nitrogen and oxygen atoms in total. The van der Waals surface area contributed by atoms with Crippen LogP contribution in [0.2, 0.25) is 0 Å². The third-order valence-electron chi connectivity index (χ3n) is 3.99. The van der Waals surface area contributed by atoms with E-state index in [4.69, 9.17) is 4.74 Å². The fraction of sp³-hybridized carbons (Fsp3) is 0.150. The zero-order chi connectivity index (χ0) is 17.6. The van der Waals surface area contributed by atoms with Crippen molar-refractivity contribution in [2.24, 2.45) is 0 Å². The average Bonchev–Trinajstić information content (AvgIpc) is 3.18. The Kier molecular flexibility index (Phi) is 5.02. The molecule has 1 aromatic carbocycles. The summed E-state index contributed by atoms with van der Waals surface area (Å²) in [5, 5.41) is 5.44. The molecule has 0 aliphatic carbocycles. The summed E-state index contributed by atoms with van der Waals surface area (Å²) in [6, 6.07) is 16.0. The molecule has 0 atom stereocenters. The summed E-state index contributed by atoms with van der Waals surface area (Å²) in [7, 11) is 0. The SMILES string of the molecule is c1ccc(COc2ccc(CCNc3ncnc4ccsc34)cc2)nc1. The number of rotatable bonds is 7. The summed E-state index contributed by atoms with van der Waals surface area (Å²) < 4.78 is 6.87. The van der Waals surface area contributed by atoms with Crippen molar-refractivity contribution in [1.29, 1.82) is 0 Å². The molecule has 26 heavy (non-hydrogen) atoms. The van der Waals surface area contributed by atoms with Crippen LogP contribution in [0.25, 0.3) is 10.2 Å². The van der Waals surface area contributed by atoms with E-state index in [2.05, 4.69) is 32.4 Å². The Bertz CT molecular complexity index is 970. The number of aromatic nitrogens is 3. The van der Waals surface area contributed by atoms with Crippen LogP contribution in [0.5, 0.6) is 5.75 Å². The summed E-state index contributed by atoms with van der Waals surface area (Å²) in [5.74, 6) is 1.75. The molecule has 0 fully saturated rings. The maximum Gasteiger partial charge on any atom is 0.147 e. The molecular formula is C20H18N4OS. The van der Waals surface area contributed by atoms with E-state index in [1.54, 1.807) is 23.9 Å². The van der Waals surface area contributed by atoms with Gasteiger partial charge in [0.15, 0.2) is 0 Å². The number of hydrogen-bond donors (Lipinski definition) is 1. The van der Waals surface area contributed by atoms with Crippen molar-refractivity contribution in [2.45, 2.75) is 13.0 Å². The fourth-order valence-corrected chi connectivity index (χ4v) is 3.44. The van der Waals surface area contributed by atoms with Crippen LogP contribution in [-0.4, -0.2) is 21.5 Å². The number of nitrogens with zero attached hydrogens (tertiary/aromatic N) is 3. The maximum absolute atomic E-state index is 5.77. The molecule has 0 aliphatic rings. The lowest BCUT2D eigenvalue weighted by molar-refractivity contribution is 0.301. The first-order chi connectivity index (χ1) is 12.9. The van der Waals surface area contributed by atoms with E-state index in [0.29, 0.717) is 6.61 Å². The highest BCUT2D eigenvalue weighted by Crippen LogP contribution is 2.24. The molecule has 6 heteroatoms. The number of anilines is 1. The number of ether oxygens (including phenoxy) is 1. The molecule has 3 aromatic heterocycles. The van der Waals surface area contributed by atoms with Gasteiger partial charge in [-0.1, -0.05) is 18.2 Å². The van der Waals surface area contributed by atoms with Crippen LogP contribution in [0.15, 0.2) is 66.4 Å². The molecule has 0 radical (unpaired) electrons. The number of pyridine rings is 1. The molecule has 4 rings (SSSR count). The van der Waals surface area contributed by atoms with Gasteiger partial charge in [-0.15, -0.1) is 11.3 Å². The van der Waals surface area contributed by atoms with E-state index >= 15 is 0 Å². The number of thiophene rings is 1. The van der Waals surface area contributed by atoms with Crippen LogP contribution in [0.3, 0.4) is 0 Å². The van der Waals surface area contributed by atoms with E-state index in [-0.39, 0.29) is 0 Å². The van der Waals surface area contributed by atoms with Gasteiger partial charge in [-0.25, -0.2) is 9.97 Å². The lowest BCUT2D eigenvalue weighted by atomic mass is 10.1. The molecule has 0 aliphatic heterocycles. The normalized spacial score (nSPS) is 10.8. The van der Waals surface area contributed by atoms with Crippen LogP contribution in [0, 0.1) is 0 Å². The van der Waals surface area contributed by atoms with E-state index in [1.165, 1.54) is 5.56 Å². The van der Waals surface area contributed by atoms with Crippen LogP contribution in [0.1, 0.15) is 11.3 Å². The van der Waals surface area contributed by atoms with Crippen LogP contribution >= 0.6 is 11.3 Å². The summed E-state index contributed by atoms with van der Waals surface area (Å²) >= 11 is 1.66. The Labute approximate surface area is 155 Å². The molecule has 0 bridgehead atoms. The lowest BCUT2D eigenvalue weighted by Gasteiger charge is -2.08. The van der Waals surface area contributed by atoms with Crippen molar-refractivity contribution < 1.29 is 4.74 Å². The third-order valence-corrected chi connectivity index (χ3v) is 4.90. The number of hydrogen-bond acceptors (Lipinski definition) is 6. The molecule has 1 N–H and O–H groups in total. The Morgan fingerprint density at radius 3 is 2.73 bits per heavy atom. The minimum atomic E-state index is 0.478. The van der Waals surface area contributed by atoms with Gasteiger partial charge in [-0.3, -0.25) is 4.98 Å². The quantitative estimate of drug-likeness (QED) is 0.530. The van der Waals surface area contributed by atoms with Crippen molar-refractivity contribution in [1.82, 2.24) is 15.0 Å². The monoisotopic (exact) mass is 362 g/mol. The van der Waals surface area contributed by atoms with Crippen molar-refractivity contribution in [2.75, 3.05) is 11.9 Å². The Morgan fingerprint density at radius 2 is 1.88 bits per heavy atom. The summed E-state index contributed by atoms with van der Waals surface area (Å²) in [6.07, 6.45) is 4.29. The van der Waals surface area contributed by atoms with Crippen molar-refractivity contribution in [3.05, 3.63) is 77.7 Å². The van der Waals surface area contributed by atoms with Crippen molar-refractivity contribution in [3.8, 4) is 5.75 Å². The van der Waals surface area contributed by atoms with Crippen LogP contribution in [0.4, 0.5) is 5.82 Å². The first-order valence-corrected chi connectivity index (χ1v) is 9.30. The Hall–Kier alpha value is -2.99. The second kappa shape index (κ2) is 7.93. The van der Waals surface area contributed by atoms with Gasteiger partial charge in [0.1, 0.15) is 24.5 Å². The summed E-state index contributed by atoms with van der Waals surface area (Å²) in [5.41, 5.74) is 3.16. The van der Waals surface area contributed by atoms with E-state index in [0.717, 1.165) is 40.4 Å². The van der Waals surface area contributed by atoms with Crippen molar-refractivity contribution >= 4 is 27.4 Å². The van der Waals surface area contributed by atoms with E-state index in [1.807, 2.05) is 41.8 Å². The molecule has 0 spiro atoms. The third kappa shape index (κ3) is 3.97. The average molecular weight is 362 g/mol. The first-order valence-electron chi connectivity index (χ1n) is 8.42. The Balaban J connectivity index is 1.29. The fourth-order valence-electron chi connectivity index (χ4n) is 2.63. The van der Waals surface area contributed by atoms with Crippen LogP contribution < -0.4 is 10.1 Å². The van der Waals surface area contributed by atoms with Gasteiger partial charge in [0.25, 0.3) is 0 Å². The van der Waals surface area contributed by atoms with Gasteiger partial charge in [0, 0.05) is 12.7 Å². The lowest BCUT2D eigenvalue weighted by Crippen LogP contribution is -2.06. The Morgan fingerprint density at radius 1 is 0.962 bits per heavy atom. The van der Waals surface area contributed by atoms with E-state index < -0.39 is 0 Å². The second-order valence-electron chi connectivity index (χ2n) is 5.79. The second-order valence-corrected chi connectivity index (χ2v) is 6.70. The number of benzene rings is 1. The number of nitrogens with one attached hydrogen (secondary N) is 1. The first kappa shape index (κ1) is 16.5. The van der Waals surface area contributed by atoms with Crippen LogP contribution in [-0.2, 0) is 13.0 Å². The summed E-state index contributed by atoms with van der Waals surface area (Å²) in [6.45, 7) is 1.30. The van der Waals surface area contributed by atoms with Gasteiger partial charge in [-0.05, 0) is 47.7 Å². The molecule has 0 saturated carbocycles. The molecule has 0 unspecified atom stereocenters. The zero-order valence-electron chi connectivity index (χ0n) is 14.1. The van der Waals surface area contributed by atoms with E-state index in [9.17, 15) is 0 Å². The molecule has 0 saturated heterocycles. The smallest absolute Gasteiger partial charge is 0.147 e. The predicted molar refractivity (Wildman–Crippen MR) is 105 cm³/mol. The molecule has 3 heterocycles. The summed E-state index contributed by atoms with van der Waals surface area (Å²) in [4.78, 5) is 12.9. The van der Waals surface area contributed by atoms with Gasteiger partial charge < -0.3 is 10.1 Å². The van der Waals surface area contributed by atoms with Gasteiger partial charge in [-0.2, -0.15) is 0 Å². The predicted octanol–water partition coefficient (Wildman–Crippen LogP) is 4.32. The minimum Gasteiger partial charge on any atom is -0.487 e. The number of fused-ring (bicyclic) bond motifs is 1. The maximum atomic E-state index is 5.77. The van der Waals surface area contributed by atoms with Gasteiger partial charge in [0.2, 0.25) is 0 Å². The topological polar surface area (TPSA) is 59.9 Å². The molecular weight excluding hydrogens is 344 g/mol. The highest BCUT2D eigenvalue weighted by molar-refractivity contribution is 7.17. The zero-order valence-corrected chi connectivity index (χ0v) is 14.9. The van der Waals surface area contributed by atoms with Crippen molar-refractivity contribution in [3.63, 3.8) is 0 Å². The molecule has 130 valence electrons. The highest BCUT2D eigenvalue weighted by Gasteiger charge is 2.04. The highest BCUT2D eigenvalue weighted by atomic mass is 32.1. The molecule has 0 amide bonds.